The summed E-state index contributed by atoms with van der Waals surface area (Å²) in [5.41, 5.74) is 3.45. The molecular formula is C22H18BrFN4S. The minimum absolute atomic E-state index is 0.276. The van der Waals surface area contributed by atoms with Gasteiger partial charge in [0.2, 0.25) is 0 Å². The van der Waals surface area contributed by atoms with E-state index in [1.165, 1.54) is 28.1 Å². The summed E-state index contributed by atoms with van der Waals surface area (Å²) in [5.74, 6) is 0.498. The Labute approximate surface area is 180 Å². The van der Waals surface area contributed by atoms with E-state index in [1.54, 1.807) is 23.7 Å². The van der Waals surface area contributed by atoms with Crippen LogP contribution in [-0.4, -0.2) is 21.4 Å². The van der Waals surface area contributed by atoms with Crippen molar-refractivity contribution in [1.29, 1.82) is 0 Å². The molecule has 0 amide bonds. The molecule has 0 aliphatic carbocycles. The van der Waals surface area contributed by atoms with Crippen LogP contribution < -0.4 is 5.32 Å². The zero-order valence-electron chi connectivity index (χ0n) is 15.5. The van der Waals surface area contributed by atoms with Gasteiger partial charge < -0.3 is 5.32 Å². The smallest absolute Gasteiger partial charge is 0.142 e. The predicted octanol–water partition coefficient (Wildman–Crippen LogP) is 5.89. The van der Waals surface area contributed by atoms with E-state index in [9.17, 15) is 4.39 Å². The van der Waals surface area contributed by atoms with E-state index in [0.29, 0.717) is 4.47 Å². The number of anilines is 2. The van der Waals surface area contributed by atoms with Crippen LogP contribution in [0, 0.1) is 5.82 Å². The summed E-state index contributed by atoms with van der Waals surface area (Å²) in [6, 6.07) is 15.2. The van der Waals surface area contributed by atoms with Crippen LogP contribution in [0.4, 0.5) is 15.9 Å². The largest absolute Gasteiger partial charge is 0.339 e. The Kier molecular flexibility index (Phi) is 5.03. The maximum absolute atomic E-state index is 13.4. The van der Waals surface area contributed by atoms with Crippen molar-refractivity contribution in [3.8, 4) is 0 Å². The molecule has 2 aromatic carbocycles. The number of rotatable bonds is 4. The van der Waals surface area contributed by atoms with Crippen LogP contribution in [0.15, 0.2) is 59.3 Å². The number of hydrogen-bond acceptors (Lipinski definition) is 5. The lowest BCUT2D eigenvalue weighted by atomic mass is 10.0. The number of aromatic nitrogens is 2. The number of nitrogens with zero attached hydrogens (tertiary/aromatic N) is 3. The van der Waals surface area contributed by atoms with Crippen LogP contribution in [0.2, 0.25) is 0 Å². The van der Waals surface area contributed by atoms with Crippen molar-refractivity contribution >= 4 is 49.0 Å². The molecule has 0 spiro atoms. The molecule has 0 saturated carbocycles. The van der Waals surface area contributed by atoms with Crippen molar-refractivity contribution in [2.45, 2.75) is 19.5 Å². The van der Waals surface area contributed by atoms with E-state index in [-0.39, 0.29) is 5.82 Å². The second kappa shape index (κ2) is 7.82. The highest BCUT2D eigenvalue weighted by atomic mass is 79.9. The lowest BCUT2D eigenvalue weighted by Gasteiger charge is -2.27. The van der Waals surface area contributed by atoms with Gasteiger partial charge in [-0.2, -0.15) is 0 Å². The van der Waals surface area contributed by atoms with Crippen molar-refractivity contribution in [3.63, 3.8) is 0 Å². The molecule has 0 bridgehead atoms. The highest BCUT2D eigenvalue weighted by molar-refractivity contribution is 9.10. The highest BCUT2D eigenvalue weighted by Crippen LogP contribution is 2.39. The molecule has 2 aromatic heterocycles. The molecule has 1 aliphatic rings. The maximum atomic E-state index is 13.4. The maximum Gasteiger partial charge on any atom is 0.142 e. The third-order valence-corrected chi connectivity index (χ3v) is 6.93. The SMILES string of the molecule is Fc1ccc(Nc2ncnc3sc4c(c23)CCN(Cc2ccccc2)C4)c(Br)c1. The van der Waals surface area contributed by atoms with Crippen LogP contribution in [0.5, 0.6) is 0 Å². The van der Waals surface area contributed by atoms with Gasteiger partial charge in [0, 0.05) is 29.0 Å². The van der Waals surface area contributed by atoms with E-state index in [4.69, 9.17) is 0 Å². The topological polar surface area (TPSA) is 41.1 Å². The van der Waals surface area contributed by atoms with Crippen molar-refractivity contribution < 1.29 is 4.39 Å². The number of benzene rings is 2. The highest BCUT2D eigenvalue weighted by Gasteiger charge is 2.24. The first-order valence-electron chi connectivity index (χ1n) is 9.41. The molecule has 5 rings (SSSR count). The van der Waals surface area contributed by atoms with E-state index < -0.39 is 0 Å². The molecule has 1 N–H and O–H groups in total. The minimum atomic E-state index is -0.276. The fourth-order valence-electron chi connectivity index (χ4n) is 3.77. The van der Waals surface area contributed by atoms with E-state index in [2.05, 4.69) is 66.4 Å². The van der Waals surface area contributed by atoms with Gasteiger partial charge in [0.05, 0.1) is 11.1 Å². The molecule has 0 radical (unpaired) electrons. The van der Waals surface area contributed by atoms with Gasteiger partial charge in [-0.3, -0.25) is 4.90 Å². The van der Waals surface area contributed by atoms with Gasteiger partial charge in [0.15, 0.2) is 0 Å². The summed E-state index contributed by atoms with van der Waals surface area (Å²) >= 11 is 5.16. The Morgan fingerprint density at radius 1 is 1.14 bits per heavy atom. The molecule has 4 nitrogen and oxygen atoms in total. The number of thiophene rings is 1. The number of fused-ring (bicyclic) bond motifs is 3. The lowest BCUT2D eigenvalue weighted by molar-refractivity contribution is 0.249. The third-order valence-electron chi connectivity index (χ3n) is 5.15. The van der Waals surface area contributed by atoms with Crippen molar-refractivity contribution in [2.24, 2.45) is 0 Å². The molecule has 0 fully saturated rings. The van der Waals surface area contributed by atoms with Crippen molar-refractivity contribution in [3.05, 3.63) is 81.2 Å². The molecule has 0 atom stereocenters. The van der Waals surface area contributed by atoms with Gasteiger partial charge in [-0.15, -0.1) is 11.3 Å². The zero-order valence-corrected chi connectivity index (χ0v) is 17.9. The monoisotopic (exact) mass is 468 g/mol. The molecule has 29 heavy (non-hydrogen) atoms. The summed E-state index contributed by atoms with van der Waals surface area (Å²) in [4.78, 5) is 13.8. The molecule has 4 aromatic rings. The van der Waals surface area contributed by atoms with Gasteiger partial charge in [0.25, 0.3) is 0 Å². The van der Waals surface area contributed by atoms with Crippen LogP contribution in [0.3, 0.4) is 0 Å². The molecule has 0 unspecified atom stereocenters. The van der Waals surface area contributed by atoms with E-state index >= 15 is 0 Å². The second-order valence-electron chi connectivity index (χ2n) is 7.10. The van der Waals surface area contributed by atoms with Crippen molar-refractivity contribution in [2.75, 3.05) is 11.9 Å². The van der Waals surface area contributed by atoms with Crippen LogP contribution in [0.25, 0.3) is 10.2 Å². The second-order valence-corrected chi connectivity index (χ2v) is 9.04. The summed E-state index contributed by atoms with van der Waals surface area (Å²) in [6.07, 6.45) is 2.56. The molecule has 146 valence electrons. The first-order chi connectivity index (χ1) is 14.2. The molecule has 0 saturated heterocycles. The predicted molar refractivity (Wildman–Crippen MR) is 119 cm³/mol. The Morgan fingerprint density at radius 2 is 2.00 bits per heavy atom. The van der Waals surface area contributed by atoms with Gasteiger partial charge in [-0.05, 0) is 51.7 Å². The van der Waals surface area contributed by atoms with Crippen LogP contribution in [-0.2, 0) is 19.5 Å². The number of nitrogens with one attached hydrogen (secondary N) is 1. The Balaban J connectivity index is 1.45. The summed E-state index contributed by atoms with van der Waals surface area (Å²) in [7, 11) is 0. The summed E-state index contributed by atoms with van der Waals surface area (Å²) in [6.45, 7) is 2.88. The van der Waals surface area contributed by atoms with Gasteiger partial charge >= 0.3 is 0 Å². The van der Waals surface area contributed by atoms with Gasteiger partial charge in [-0.25, -0.2) is 14.4 Å². The van der Waals surface area contributed by atoms with Gasteiger partial charge in [-0.1, -0.05) is 30.3 Å². The first-order valence-corrected chi connectivity index (χ1v) is 11.0. The fraction of sp³-hybridized carbons (Fsp3) is 0.182. The molecule has 1 aliphatic heterocycles. The molecule has 7 heteroatoms. The normalized spacial score (nSPS) is 14.1. The van der Waals surface area contributed by atoms with Crippen LogP contribution in [0.1, 0.15) is 16.0 Å². The average molecular weight is 469 g/mol. The van der Waals surface area contributed by atoms with E-state index in [1.807, 2.05) is 0 Å². The quantitative estimate of drug-likeness (QED) is 0.405. The molecule has 3 heterocycles. The Bertz CT molecular complexity index is 1180. The Morgan fingerprint density at radius 3 is 2.83 bits per heavy atom. The van der Waals surface area contributed by atoms with Crippen LogP contribution >= 0.6 is 27.3 Å². The number of halogens is 2. The Hall–Kier alpha value is -2.35. The fourth-order valence-corrected chi connectivity index (χ4v) is 5.45. The first kappa shape index (κ1) is 18.7. The van der Waals surface area contributed by atoms with Crippen molar-refractivity contribution in [1.82, 2.24) is 14.9 Å². The minimum Gasteiger partial charge on any atom is -0.339 e. The standard InChI is InChI=1S/C22H18BrFN4S/c23-17-10-15(24)6-7-18(17)27-21-20-16-8-9-28(11-14-4-2-1-3-5-14)12-19(16)29-22(20)26-13-25-21/h1-7,10,13H,8-9,11-12H2,(H,25,26,27). The van der Waals surface area contributed by atoms with Gasteiger partial charge in [0.1, 0.15) is 22.8 Å². The average Bonchev–Trinajstić information content (AvgIpc) is 3.09. The third kappa shape index (κ3) is 3.77. The zero-order chi connectivity index (χ0) is 19.8. The lowest BCUT2D eigenvalue weighted by Crippen LogP contribution is -2.29. The number of hydrogen-bond donors (Lipinski definition) is 1. The molecular weight excluding hydrogens is 451 g/mol. The van der Waals surface area contributed by atoms with E-state index in [0.717, 1.165) is 47.8 Å². The summed E-state index contributed by atoms with van der Waals surface area (Å²) in [5, 5.41) is 4.44. The summed E-state index contributed by atoms with van der Waals surface area (Å²) < 4.78 is 14.1.